The quantitative estimate of drug-likeness (QED) is 0.789. The van der Waals surface area contributed by atoms with Crippen LogP contribution in [-0.4, -0.2) is 67.6 Å². The van der Waals surface area contributed by atoms with E-state index >= 15 is 0 Å². The molecular weight excluding hydrogens is 359 g/mol. The molecule has 1 aromatic heterocycles. The second-order valence-corrected chi connectivity index (χ2v) is 7.51. The molecule has 2 aromatic rings. The van der Waals surface area contributed by atoms with Crippen molar-refractivity contribution in [1.29, 1.82) is 0 Å². The number of halogens is 1. The highest BCUT2D eigenvalue weighted by Gasteiger charge is 2.34. The molecule has 1 amide bonds. The van der Waals surface area contributed by atoms with E-state index in [2.05, 4.69) is 26.2 Å². The predicted octanol–water partition coefficient (Wildman–Crippen LogP) is 2.02. The number of hydrogen-bond donors (Lipinski definition) is 1. The van der Waals surface area contributed by atoms with Crippen molar-refractivity contribution in [2.75, 3.05) is 40.8 Å². The van der Waals surface area contributed by atoms with Gasteiger partial charge in [-0.1, -0.05) is 6.07 Å². The zero-order valence-corrected chi connectivity index (χ0v) is 16.6. The number of methoxy groups -OCH3 is 1. The van der Waals surface area contributed by atoms with Crippen LogP contribution in [0.15, 0.2) is 42.7 Å². The molecule has 7 heteroatoms. The molecule has 6 nitrogen and oxygen atoms in total. The van der Waals surface area contributed by atoms with Gasteiger partial charge in [-0.3, -0.25) is 14.7 Å². The molecule has 1 aromatic carbocycles. The van der Waals surface area contributed by atoms with Crippen molar-refractivity contribution in [2.24, 2.45) is 5.92 Å². The number of likely N-dealkylation sites (tertiary alicyclic amines) is 1. The van der Waals surface area contributed by atoms with Gasteiger partial charge in [-0.2, -0.15) is 0 Å². The summed E-state index contributed by atoms with van der Waals surface area (Å²) in [5, 5.41) is 3.10. The van der Waals surface area contributed by atoms with E-state index < -0.39 is 5.82 Å². The summed E-state index contributed by atoms with van der Waals surface area (Å²) in [6.07, 6.45) is 3.63. The van der Waals surface area contributed by atoms with Gasteiger partial charge in [0.25, 0.3) is 5.91 Å². The fourth-order valence-electron chi connectivity index (χ4n) is 3.72. The fourth-order valence-corrected chi connectivity index (χ4v) is 3.72. The minimum absolute atomic E-state index is 0.00302. The van der Waals surface area contributed by atoms with E-state index in [0.717, 1.165) is 31.7 Å². The van der Waals surface area contributed by atoms with Crippen LogP contribution in [0.4, 0.5) is 4.39 Å². The van der Waals surface area contributed by atoms with Gasteiger partial charge in [0.05, 0.1) is 7.11 Å². The molecule has 0 spiro atoms. The predicted molar refractivity (Wildman–Crippen MR) is 106 cm³/mol. The fraction of sp³-hybridized carbons (Fsp3) is 0.429. The average molecular weight is 386 g/mol. The first-order valence-corrected chi connectivity index (χ1v) is 9.36. The molecule has 0 bridgehead atoms. The number of carbonyl (C=O) groups excluding carboxylic acids is 1. The summed E-state index contributed by atoms with van der Waals surface area (Å²) < 4.78 is 18.9. The Morgan fingerprint density at radius 1 is 1.36 bits per heavy atom. The number of hydrogen-bond acceptors (Lipinski definition) is 5. The highest BCUT2D eigenvalue weighted by atomic mass is 19.1. The largest absolute Gasteiger partial charge is 0.494 e. The average Bonchev–Trinajstić information content (AvgIpc) is 3.02. The van der Waals surface area contributed by atoms with Crippen molar-refractivity contribution < 1.29 is 13.9 Å². The first kappa shape index (κ1) is 20.2. The van der Waals surface area contributed by atoms with Crippen LogP contribution in [0.2, 0.25) is 0 Å². The highest BCUT2D eigenvalue weighted by Crippen LogP contribution is 2.22. The summed E-state index contributed by atoms with van der Waals surface area (Å²) in [7, 11) is 5.46. The number of ether oxygens (including phenoxy) is 1. The van der Waals surface area contributed by atoms with Gasteiger partial charge in [0.15, 0.2) is 11.6 Å². The van der Waals surface area contributed by atoms with Gasteiger partial charge in [-0.15, -0.1) is 0 Å². The Labute approximate surface area is 165 Å². The van der Waals surface area contributed by atoms with E-state index in [1.54, 1.807) is 12.3 Å². The molecule has 2 heterocycles. The number of benzene rings is 1. The first-order chi connectivity index (χ1) is 13.5. The van der Waals surface area contributed by atoms with E-state index in [1.165, 1.54) is 19.2 Å². The Kier molecular flexibility index (Phi) is 6.59. The van der Waals surface area contributed by atoms with Crippen LogP contribution < -0.4 is 10.1 Å². The molecule has 0 radical (unpaired) electrons. The molecule has 2 atom stereocenters. The van der Waals surface area contributed by atoms with Gasteiger partial charge in [0, 0.05) is 56.1 Å². The number of nitrogens with zero attached hydrogens (tertiary/aromatic N) is 3. The molecule has 150 valence electrons. The van der Waals surface area contributed by atoms with Crippen molar-refractivity contribution in [3.05, 3.63) is 59.7 Å². The molecule has 0 unspecified atom stereocenters. The summed E-state index contributed by atoms with van der Waals surface area (Å²) in [4.78, 5) is 21.3. The van der Waals surface area contributed by atoms with E-state index in [9.17, 15) is 9.18 Å². The molecular formula is C21H27FN4O2. The summed E-state index contributed by atoms with van der Waals surface area (Å²) >= 11 is 0. The monoisotopic (exact) mass is 386 g/mol. The summed E-state index contributed by atoms with van der Waals surface area (Å²) in [6, 6.07) is 8.26. The second-order valence-electron chi connectivity index (χ2n) is 7.51. The topological polar surface area (TPSA) is 57.7 Å². The highest BCUT2D eigenvalue weighted by molar-refractivity contribution is 5.94. The van der Waals surface area contributed by atoms with Crippen LogP contribution in [0.5, 0.6) is 5.75 Å². The minimum atomic E-state index is -0.537. The van der Waals surface area contributed by atoms with Crippen molar-refractivity contribution in [3.63, 3.8) is 0 Å². The smallest absolute Gasteiger partial charge is 0.251 e. The Balaban J connectivity index is 1.68. The molecule has 28 heavy (non-hydrogen) atoms. The summed E-state index contributed by atoms with van der Waals surface area (Å²) in [6.45, 7) is 3.29. The van der Waals surface area contributed by atoms with Crippen molar-refractivity contribution >= 4 is 5.91 Å². The summed E-state index contributed by atoms with van der Waals surface area (Å²) in [5.41, 5.74) is 1.45. The van der Waals surface area contributed by atoms with E-state index in [4.69, 9.17) is 4.74 Å². The first-order valence-electron chi connectivity index (χ1n) is 9.36. The maximum atomic E-state index is 14.0. The second kappa shape index (κ2) is 9.12. The van der Waals surface area contributed by atoms with Crippen molar-refractivity contribution in [3.8, 4) is 5.75 Å². The van der Waals surface area contributed by atoms with Gasteiger partial charge in [0.1, 0.15) is 0 Å². The van der Waals surface area contributed by atoms with Crippen molar-refractivity contribution in [2.45, 2.75) is 12.6 Å². The number of amides is 1. The van der Waals surface area contributed by atoms with Gasteiger partial charge in [-0.05, 0) is 43.9 Å². The normalized spacial score (nSPS) is 19.8. The molecule has 3 rings (SSSR count). The molecule has 1 aliphatic rings. The van der Waals surface area contributed by atoms with Crippen LogP contribution in [0.1, 0.15) is 15.9 Å². The third-order valence-corrected chi connectivity index (χ3v) is 4.98. The minimum Gasteiger partial charge on any atom is -0.494 e. The molecule has 1 saturated heterocycles. The summed E-state index contributed by atoms with van der Waals surface area (Å²) in [5.74, 6) is -0.382. The zero-order chi connectivity index (χ0) is 20.1. The Hall–Kier alpha value is -2.51. The van der Waals surface area contributed by atoms with Crippen LogP contribution >= 0.6 is 0 Å². The van der Waals surface area contributed by atoms with Crippen molar-refractivity contribution in [1.82, 2.24) is 20.1 Å². The zero-order valence-electron chi connectivity index (χ0n) is 16.6. The Morgan fingerprint density at radius 2 is 2.18 bits per heavy atom. The SMILES string of the molecule is COc1ccc(C(=O)N[C@@H]2CN(Cc3cccnc3)C[C@H]2CN(C)C)cc1F. The van der Waals surface area contributed by atoms with Gasteiger partial charge in [0.2, 0.25) is 0 Å². The maximum absolute atomic E-state index is 14.0. The lowest BCUT2D eigenvalue weighted by molar-refractivity contribution is 0.0926. The molecule has 1 fully saturated rings. The van der Waals surface area contributed by atoms with Gasteiger partial charge in [-0.25, -0.2) is 4.39 Å². The number of nitrogens with one attached hydrogen (secondary N) is 1. The van der Waals surface area contributed by atoms with Gasteiger partial charge >= 0.3 is 0 Å². The molecule has 0 aliphatic carbocycles. The third-order valence-electron chi connectivity index (χ3n) is 4.98. The maximum Gasteiger partial charge on any atom is 0.251 e. The van der Waals surface area contributed by atoms with Crippen LogP contribution in [-0.2, 0) is 6.54 Å². The standard InChI is InChI=1S/C21H27FN4O2/c1-25(2)12-17-13-26(11-15-5-4-8-23-10-15)14-19(17)24-21(27)16-6-7-20(28-3)18(22)9-16/h4-10,17,19H,11-14H2,1-3H3,(H,24,27)/t17-,19-/m1/s1. The number of pyridine rings is 1. The number of carbonyl (C=O) groups is 1. The number of rotatable bonds is 7. The molecule has 0 saturated carbocycles. The molecule has 1 aliphatic heterocycles. The van der Waals surface area contributed by atoms with Crippen LogP contribution in [0, 0.1) is 11.7 Å². The Bertz CT molecular complexity index is 800. The number of aromatic nitrogens is 1. The third kappa shape index (κ3) is 5.05. The van der Waals surface area contributed by atoms with Gasteiger partial charge < -0.3 is 15.0 Å². The van der Waals surface area contributed by atoms with E-state index in [-0.39, 0.29) is 17.7 Å². The lowest BCUT2D eigenvalue weighted by Gasteiger charge is -2.23. The Morgan fingerprint density at radius 3 is 2.82 bits per heavy atom. The van der Waals surface area contributed by atoms with Crippen LogP contribution in [0.25, 0.3) is 0 Å². The van der Waals surface area contributed by atoms with E-state index in [0.29, 0.717) is 11.5 Å². The lowest BCUT2D eigenvalue weighted by Crippen LogP contribution is -2.43. The van der Waals surface area contributed by atoms with Crippen LogP contribution in [0.3, 0.4) is 0 Å². The van der Waals surface area contributed by atoms with E-state index in [1.807, 2.05) is 26.4 Å². The molecule has 1 N–H and O–H groups in total. The lowest BCUT2D eigenvalue weighted by atomic mass is 10.0.